The number of thioether (sulfide) groups is 1. The molecule has 1 N–H and O–H groups in total. The summed E-state index contributed by atoms with van der Waals surface area (Å²) < 4.78 is 25.6. The summed E-state index contributed by atoms with van der Waals surface area (Å²) in [4.78, 5) is 13.3. The fraction of sp³-hybridized carbons (Fsp3) is 0.188. The van der Waals surface area contributed by atoms with Crippen molar-refractivity contribution in [1.82, 2.24) is 4.31 Å². The molecule has 0 aromatic heterocycles. The maximum atomic E-state index is 12.4. The predicted octanol–water partition coefficient (Wildman–Crippen LogP) is 3.56. The van der Waals surface area contributed by atoms with E-state index >= 15 is 0 Å². The highest BCUT2D eigenvalue weighted by atomic mass is 35.5. The Morgan fingerprint density at radius 2 is 1.75 bits per heavy atom. The minimum atomic E-state index is -3.73. The summed E-state index contributed by atoms with van der Waals surface area (Å²) in [5.41, 5.74) is 0.846. The number of nitrogens with one attached hydrogen (secondary N) is 1. The third kappa shape index (κ3) is 4.10. The maximum Gasteiger partial charge on any atom is 0.255 e. The molecule has 2 aromatic rings. The molecule has 0 spiro atoms. The average Bonchev–Trinajstić information content (AvgIpc) is 2.55. The molecule has 2 rings (SSSR count). The van der Waals surface area contributed by atoms with Gasteiger partial charge in [-0.3, -0.25) is 4.79 Å². The molecule has 0 aliphatic heterocycles. The number of anilines is 1. The predicted molar refractivity (Wildman–Crippen MR) is 98.5 cm³/mol. The first-order valence-corrected chi connectivity index (χ1v) is 9.97. The van der Waals surface area contributed by atoms with Gasteiger partial charge in [-0.1, -0.05) is 11.6 Å². The summed E-state index contributed by atoms with van der Waals surface area (Å²) in [7, 11) is -0.910. The number of sulfonamides is 1. The third-order valence-electron chi connectivity index (χ3n) is 3.30. The second-order valence-electron chi connectivity index (χ2n) is 5.12. The Bertz CT molecular complexity index is 850. The summed E-state index contributed by atoms with van der Waals surface area (Å²) in [6.45, 7) is 0. The lowest BCUT2D eigenvalue weighted by Gasteiger charge is -2.14. The number of hydrogen-bond donors (Lipinski definition) is 1. The number of halogens is 1. The Labute approximate surface area is 151 Å². The zero-order valence-corrected chi connectivity index (χ0v) is 15.8. The van der Waals surface area contributed by atoms with E-state index in [-0.39, 0.29) is 15.5 Å². The molecule has 2 aromatic carbocycles. The zero-order chi connectivity index (χ0) is 17.9. The Hall–Kier alpha value is -1.54. The topological polar surface area (TPSA) is 66.5 Å². The van der Waals surface area contributed by atoms with E-state index in [0.717, 1.165) is 9.20 Å². The molecule has 0 unspecified atom stereocenters. The van der Waals surface area contributed by atoms with Gasteiger partial charge in [0.25, 0.3) is 5.91 Å². The number of rotatable bonds is 5. The molecule has 0 saturated heterocycles. The SMILES string of the molecule is CSc1ccc(NC(=O)c2ccc(Cl)c(S(=O)(=O)N(C)C)c2)cc1. The van der Waals surface area contributed by atoms with Crippen LogP contribution < -0.4 is 5.32 Å². The summed E-state index contributed by atoms with van der Waals surface area (Å²) in [5, 5.41) is 2.81. The molecule has 5 nitrogen and oxygen atoms in total. The molecule has 0 aliphatic rings. The number of nitrogens with zero attached hydrogens (tertiary/aromatic N) is 1. The van der Waals surface area contributed by atoms with Crippen molar-refractivity contribution in [3.05, 3.63) is 53.1 Å². The summed E-state index contributed by atoms with van der Waals surface area (Å²) in [6, 6.07) is 11.5. The van der Waals surface area contributed by atoms with Crippen molar-refractivity contribution in [2.24, 2.45) is 0 Å². The van der Waals surface area contributed by atoms with E-state index in [1.165, 1.54) is 32.3 Å². The highest BCUT2D eigenvalue weighted by Gasteiger charge is 2.22. The molecule has 0 aliphatic carbocycles. The quantitative estimate of drug-likeness (QED) is 0.800. The smallest absolute Gasteiger partial charge is 0.255 e. The fourth-order valence-electron chi connectivity index (χ4n) is 1.92. The second-order valence-corrected chi connectivity index (χ2v) is 8.52. The molecule has 0 atom stereocenters. The highest BCUT2D eigenvalue weighted by Crippen LogP contribution is 2.25. The average molecular weight is 385 g/mol. The number of carbonyl (C=O) groups is 1. The number of benzene rings is 2. The Balaban J connectivity index is 2.30. The van der Waals surface area contributed by atoms with Crippen molar-refractivity contribution in [2.75, 3.05) is 25.7 Å². The molecule has 128 valence electrons. The van der Waals surface area contributed by atoms with E-state index in [1.54, 1.807) is 23.9 Å². The van der Waals surface area contributed by atoms with Gasteiger partial charge < -0.3 is 5.32 Å². The van der Waals surface area contributed by atoms with Crippen LogP contribution in [0.15, 0.2) is 52.3 Å². The van der Waals surface area contributed by atoms with E-state index in [2.05, 4.69) is 5.32 Å². The van der Waals surface area contributed by atoms with Crippen molar-refractivity contribution >= 4 is 45.0 Å². The van der Waals surface area contributed by atoms with Crippen LogP contribution in [0.4, 0.5) is 5.69 Å². The van der Waals surface area contributed by atoms with Crippen LogP contribution in [0.3, 0.4) is 0 Å². The van der Waals surface area contributed by atoms with Crippen LogP contribution in [0.1, 0.15) is 10.4 Å². The van der Waals surface area contributed by atoms with Crippen LogP contribution in [0.2, 0.25) is 5.02 Å². The first-order chi connectivity index (χ1) is 11.3. The van der Waals surface area contributed by atoms with E-state index in [0.29, 0.717) is 5.69 Å². The normalized spacial score (nSPS) is 11.5. The van der Waals surface area contributed by atoms with Crippen LogP contribution in [0.5, 0.6) is 0 Å². The molecule has 8 heteroatoms. The van der Waals surface area contributed by atoms with Crippen LogP contribution in [-0.4, -0.2) is 39.0 Å². The van der Waals surface area contributed by atoms with E-state index < -0.39 is 15.9 Å². The first-order valence-electron chi connectivity index (χ1n) is 6.93. The standard InChI is InChI=1S/C16H17ClN2O3S2/c1-19(2)24(21,22)15-10-11(4-9-14(15)17)16(20)18-12-5-7-13(23-3)8-6-12/h4-10H,1-3H3,(H,18,20). The summed E-state index contributed by atoms with van der Waals surface area (Å²) in [6.07, 6.45) is 1.97. The fourth-order valence-corrected chi connectivity index (χ4v) is 3.72. The lowest BCUT2D eigenvalue weighted by atomic mass is 10.2. The monoisotopic (exact) mass is 384 g/mol. The van der Waals surface area contributed by atoms with Gasteiger partial charge in [-0.25, -0.2) is 12.7 Å². The summed E-state index contributed by atoms with van der Waals surface area (Å²) in [5.74, 6) is -0.404. The molecule has 0 fully saturated rings. The van der Waals surface area contributed by atoms with E-state index in [1.807, 2.05) is 18.4 Å². The van der Waals surface area contributed by atoms with Crippen LogP contribution >= 0.6 is 23.4 Å². The van der Waals surface area contributed by atoms with E-state index in [4.69, 9.17) is 11.6 Å². The Morgan fingerprint density at radius 1 is 1.12 bits per heavy atom. The minimum absolute atomic E-state index is 0.0737. The summed E-state index contributed by atoms with van der Waals surface area (Å²) >= 11 is 7.59. The molecule has 0 heterocycles. The van der Waals surface area contributed by atoms with Crippen molar-refractivity contribution in [3.63, 3.8) is 0 Å². The van der Waals surface area contributed by atoms with Gasteiger partial charge in [0.2, 0.25) is 10.0 Å². The van der Waals surface area contributed by atoms with Crippen molar-refractivity contribution in [2.45, 2.75) is 9.79 Å². The van der Waals surface area contributed by atoms with Crippen molar-refractivity contribution < 1.29 is 13.2 Å². The molecular weight excluding hydrogens is 368 g/mol. The van der Waals surface area contributed by atoms with Crippen molar-refractivity contribution in [1.29, 1.82) is 0 Å². The maximum absolute atomic E-state index is 12.4. The molecule has 0 saturated carbocycles. The zero-order valence-electron chi connectivity index (χ0n) is 13.4. The molecular formula is C16H17ClN2O3S2. The molecule has 1 amide bonds. The number of carbonyl (C=O) groups excluding carboxylic acids is 1. The van der Waals surface area contributed by atoms with Gasteiger partial charge >= 0.3 is 0 Å². The third-order valence-corrected chi connectivity index (χ3v) is 6.34. The van der Waals surface area contributed by atoms with Gasteiger partial charge in [0.1, 0.15) is 4.90 Å². The lowest BCUT2D eigenvalue weighted by molar-refractivity contribution is 0.102. The lowest BCUT2D eigenvalue weighted by Crippen LogP contribution is -2.23. The van der Waals surface area contributed by atoms with Gasteiger partial charge in [-0.2, -0.15) is 0 Å². The minimum Gasteiger partial charge on any atom is -0.322 e. The second kappa shape index (κ2) is 7.57. The van der Waals surface area contributed by atoms with Crippen molar-refractivity contribution in [3.8, 4) is 0 Å². The Morgan fingerprint density at radius 3 is 2.29 bits per heavy atom. The molecule has 24 heavy (non-hydrogen) atoms. The number of amides is 1. The largest absolute Gasteiger partial charge is 0.322 e. The highest BCUT2D eigenvalue weighted by molar-refractivity contribution is 7.98. The van der Waals surface area contributed by atoms with E-state index in [9.17, 15) is 13.2 Å². The molecule has 0 bridgehead atoms. The van der Waals surface area contributed by atoms with Gasteiger partial charge in [0.15, 0.2) is 0 Å². The van der Waals surface area contributed by atoms with Crippen LogP contribution in [0.25, 0.3) is 0 Å². The van der Waals surface area contributed by atoms with Gasteiger partial charge in [0, 0.05) is 30.2 Å². The van der Waals surface area contributed by atoms with Crippen LogP contribution in [-0.2, 0) is 10.0 Å². The first kappa shape index (κ1) is 18.8. The Kier molecular flexibility index (Phi) is 5.92. The van der Waals surface area contributed by atoms with Crippen LogP contribution in [0, 0.1) is 0 Å². The number of hydrogen-bond acceptors (Lipinski definition) is 4. The molecule has 0 radical (unpaired) electrons. The van der Waals surface area contributed by atoms with Gasteiger partial charge in [-0.05, 0) is 48.7 Å². The van der Waals surface area contributed by atoms with Gasteiger partial charge in [0.05, 0.1) is 5.02 Å². The van der Waals surface area contributed by atoms with Gasteiger partial charge in [-0.15, -0.1) is 11.8 Å².